The molecule has 1 aliphatic heterocycles. The number of aliphatic hydroxyl groups is 1. The topological polar surface area (TPSA) is 150 Å². The van der Waals surface area contributed by atoms with E-state index >= 15 is 0 Å². The number of nitrogens with one attached hydrogen (secondary N) is 2. The lowest BCUT2D eigenvalue weighted by atomic mass is 9.98. The molecule has 10 nitrogen and oxygen atoms in total. The summed E-state index contributed by atoms with van der Waals surface area (Å²) in [6, 6.07) is 4.79. The van der Waals surface area contributed by atoms with Crippen molar-refractivity contribution in [2.24, 2.45) is 11.1 Å². The summed E-state index contributed by atoms with van der Waals surface area (Å²) in [6.07, 6.45) is 4.95. The van der Waals surface area contributed by atoms with Crippen molar-refractivity contribution in [1.29, 1.82) is 0 Å². The smallest absolute Gasteiger partial charge is 0.238 e. The summed E-state index contributed by atoms with van der Waals surface area (Å²) in [5, 5.41) is 18.0. The first-order valence-corrected chi connectivity index (χ1v) is 10.9. The number of aromatic nitrogens is 4. The van der Waals surface area contributed by atoms with Gasteiger partial charge in [-0.05, 0) is 43.0 Å². The zero-order chi connectivity index (χ0) is 20.4. The van der Waals surface area contributed by atoms with Gasteiger partial charge >= 0.3 is 0 Å². The lowest BCUT2D eigenvalue weighted by molar-refractivity contribution is 0.116. The maximum absolute atomic E-state index is 11.9. The van der Waals surface area contributed by atoms with Crippen LogP contribution >= 0.6 is 0 Å². The number of fused-ring (bicyclic) bond motifs is 1. The Kier molecular flexibility index (Phi) is 5.46. The summed E-state index contributed by atoms with van der Waals surface area (Å²) in [5.41, 5.74) is 2.63. The highest BCUT2D eigenvalue weighted by Gasteiger charge is 2.21. The zero-order valence-corrected chi connectivity index (χ0v) is 16.6. The molecule has 0 amide bonds. The third-order valence-electron chi connectivity index (χ3n) is 5.14. The van der Waals surface area contributed by atoms with E-state index in [0.29, 0.717) is 29.2 Å². The number of imidazole rings is 1. The number of likely N-dealkylation sites (tertiary alicyclic amines) is 1. The Morgan fingerprint density at radius 3 is 2.97 bits per heavy atom. The molecule has 3 aromatic rings. The third-order valence-corrected chi connectivity index (χ3v) is 6.05. The summed E-state index contributed by atoms with van der Waals surface area (Å²) < 4.78 is 23.7. The molecule has 1 fully saturated rings. The SMILES string of the molecule is NS(=O)(=O)c1ccc(CN2CCCC(CO)C2)c(Nc2ncnc3nc[nH]c23)c1. The van der Waals surface area contributed by atoms with Crippen molar-refractivity contribution < 1.29 is 13.5 Å². The van der Waals surface area contributed by atoms with Crippen LogP contribution in [0, 0.1) is 5.92 Å². The average Bonchev–Trinajstić information content (AvgIpc) is 3.18. The molecule has 0 saturated carbocycles. The number of nitrogens with two attached hydrogens (primary N) is 1. The van der Waals surface area contributed by atoms with E-state index in [1.807, 2.05) is 0 Å². The van der Waals surface area contributed by atoms with Crippen LogP contribution in [0.5, 0.6) is 0 Å². The van der Waals surface area contributed by atoms with E-state index in [1.165, 1.54) is 24.8 Å². The number of hydrogen-bond donors (Lipinski definition) is 4. The van der Waals surface area contributed by atoms with Gasteiger partial charge in [-0.1, -0.05) is 6.07 Å². The van der Waals surface area contributed by atoms with Crippen LogP contribution in [0.2, 0.25) is 0 Å². The molecule has 1 saturated heterocycles. The number of piperidine rings is 1. The van der Waals surface area contributed by atoms with Crippen LogP contribution in [0.4, 0.5) is 11.5 Å². The van der Waals surface area contributed by atoms with E-state index in [9.17, 15) is 13.5 Å². The molecule has 0 radical (unpaired) electrons. The Bertz CT molecular complexity index is 1120. The fourth-order valence-electron chi connectivity index (χ4n) is 3.66. The summed E-state index contributed by atoms with van der Waals surface area (Å²) >= 11 is 0. The molecule has 1 aliphatic rings. The molecule has 5 N–H and O–H groups in total. The van der Waals surface area contributed by atoms with Gasteiger partial charge in [-0.2, -0.15) is 0 Å². The number of aliphatic hydroxyl groups excluding tert-OH is 1. The number of hydrogen-bond acceptors (Lipinski definition) is 8. The summed E-state index contributed by atoms with van der Waals surface area (Å²) in [5.74, 6) is 0.752. The van der Waals surface area contributed by atoms with Crippen molar-refractivity contribution in [2.45, 2.75) is 24.3 Å². The van der Waals surface area contributed by atoms with Crippen LogP contribution in [-0.4, -0.2) is 58.1 Å². The number of rotatable bonds is 6. The number of nitrogens with zero attached hydrogens (tertiary/aromatic N) is 4. The van der Waals surface area contributed by atoms with E-state index in [4.69, 9.17) is 5.14 Å². The van der Waals surface area contributed by atoms with Gasteiger partial charge in [0.25, 0.3) is 0 Å². The Labute approximate surface area is 168 Å². The second-order valence-corrected chi connectivity index (χ2v) is 8.80. The Balaban J connectivity index is 1.68. The first-order valence-electron chi connectivity index (χ1n) is 9.34. The number of anilines is 2. The van der Waals surface area contributed by atoms with Gasteiger partial charge in [-0.15, -0.1) is 0 Å². The lowest BCUT2D eigenvalue weighted by Crippen LogP contribution is -2.36. The highest BCUT2D eigenvalue weighted by Crippen LogP contribution is 2.28. The van der Waals surface area contributed by atoms with E-state index < -0.39 is 10.0 Å². The minimum atomic E-state index is -3.85. The minimum Gasteiger partial charge on any atom is -0.396 e. The van der Waals surface area contributed by atoms with Gasteiger partial charge in [-0.3, -0.25) is 4.90 Å². The number of H-pyrrole nitrogens is 1. The van der Waals surface area contributed by atoms with Gasteiger partial charge < -0.3 is 15.4 Å². The molecule has 11 heteroatoms. The highest BCUT2D eigenvalue weighted by atomic mass is 32.2. The number of aromatic amines is 1. The summed E-state index contributed by atoms with van der Waals surface area (Å²) in [7, 11) is -3.85. The van der Waals surface area contributed by atoms with Crippen LogP contribution in [0.15, 0.2) is 35.7 Å². The number of primary sulfonamides is 1. The van der Waals surface area contributed by atoms with Crippen LogP contribution in [0.1, 0.15) is 18.4 Å². The maximum atomic E-state index is 11.9. The fraction of sp³-hybridized carbons (Fsp3) is 0.389. The Hall–Kier alpha value is -2.60. The lowest BCUT2D eigenvalue weighted by Gasteiger charge is -2.32. The minimum absolute atomic E-state index is 0.0190. The van der Waals surface area contributed by atoms with Gasteiger partial charge in [0.15, 0.2) is 11.5 Å². The van der Waals surface area contributed by atoms with Crippen LogP contribution in [0.3, 0.4) is 0 Å². The molecule has 1 unspecified atom stereocenters. The van der Waals surface area contributed by atoms with Crippen LogP contribution in [0.25, 0.3) is 11.2 Å². The largest absolute Gasteiger partial charge is 0.396 e. The Morgan fingerprint density at radius 2 is 2.17 bits per heavy atom. The van der Waals surface area contributed by atoms with Crippen molar-refractivity contribution in [3.05, 3.63) is 36.4 Å². The third kappa shape index (κ3) is 4.37. The average molecular weight is 417 g/mol. The quantitative estimate of drug-likeness (QED) is 0.463. The molecule has 29 heavy (non-hydrogen) atoms. The zero-order valence-electron chi connectivity index (χ0n) is 15.7. The Morgan fingerprint density at radius 1 is 1.31 bits per heavy atom. The molecule has 3 heterocycles. The first-order chi connectivity index (χ1) is 13.9. The molecular weight excluding hydrogens is 394 g/mol. The van der Waals surface area contributed by atoms with Gasteiger partial charge in [-0.25, -0.2) is 28.5 Å². The molecule has 4 rings (SSSR count). The van der Waals surface area contributed by atoms with Crippen LogP contribution < -0.4 is 10.5 Å². The van der Waals surface area contributed by atoms with E-state index in [1.54, 1.807) is 6.07 Å². The van der Waals surface area contributed by atoms with Gasteiger partial charge in [0.2, 0.25) is 10.0 Å². The highest BCUT2D eigenvalue weighted by molar-refractivity contribution is 7.89. The van der Waals surface area contributed by atoms with Gasteiger partial charge in [0.1, 0.15) is 11.8 Å². The van der Waals surface area contributed by atoms with Crippen LogP contribution in [-0.2, 0) is 16.6 Å². The number of sulfonamides is 1. The first kappa shape index (κ1) is 19.7. The molecule has 0 aliphatic carbocycles. The predicted molar refractivity (Wildman–Crippen MR) is 108 cm³/mol. The molecular formula is C18H23N7O3S. The van der Waals surface area contributed by atoms with Crippen molar-refractivity contribution in [2.75, 3.05) is 25.0 Å². The fourth-order valence-corrected chi connectivity index (χ4v) is 4.20. The van der Waals surface area contributed by atoms with E-state index in [-0.39, 0.29) is 17.4 Å². The standard InChI is InChI=1S/C18H23N7O3S/c19-29(27,28)14-4-3-13(8-25-5-1-2-12(7-25)9-26)15(6-14)24-18-16-17(21-10-20-16)22-11-23-18/h3-4,6,10-12,26H,1-2,5,7-9H2,(H2,19,27,28)(H2,20,21,22,23,24). The molecule has 1 aromatic carbocycles. The molecule has 2 aromatic heterocycles. The maximum Gasteiger partial charge on any atom is 0.238 e. The van der Waals surface area contributed by atoms with Crippen molar-refractivity contribution >= 4 is 32.7 Å². The monoisotopic (exact) mass is 417 g/mol. The van der Waals surface area contributed by atoms with E-state index in [0.717, 1.165) is 31.5 Å². The van der Waals surface area contributed by atoms with Gasteiger partial charge in [0, 0.05) is 25.4 Å². The molecule has 154 valence electrons. The molecule has 1 atom stereocenters. The molecule has 0 spiro atoms. The molecule has 0 bridgehead atoms. The van der Waals surface area contributed by atoms with Crippen molar-refractivity contribution in [3.63, 3.8) is 0 Å². The summed E-state index contributed by atoms with van der Waals surface area (Å²) in [4.78, 5) is 17.7. The number of benzene rings is 1. The second-order valence-electron chi connectivity index (χ2n) is 7.24. The summed E-state index contributed by atoms with van der Waals surface area (Å²) in [6.45, 7) is 2.50. The van der Waals surface area contributed by atoms with Crippen molar-refractivity contribution in [3.8, 4) is 0 Å². The second kappa shape index (κ2) is 8.03. The van der Waals surface area contributed by atoms with Gasteiger partial charge in [0.05, 0.1) is 11.2 Å². The van der Waals surface area contributed by atoms with Crippen molar-refractivity contribution in [1.82, 2.24) is 24.8 Å². The normalized spacial score (nSPS) is 18.2. The van der Waals surface area contributed by atoms with E-state index in [2.05, 4.69) is 30.2 Å². The predicted octanol–water partition coefficient (Wildman–Crippen LogP) is 0.948.